The lowest BCUT2D eigenvalue weighted by atomic mass is 9.95. The summed E-state index contributed by atoms with van der Waals surface area (Å²) in [6, 6.07) is 10.1. The van der Waals surface area contributed by atoms with E-state index in [1.807, 2.05) is 17.0 Å². The van der Waals surface area contributed by atoms with Crippen LogP contribution in [0.1, 0.15) is 56.1 Å². The van der Waals surface area contributed by atoms with Gasteiger partial charge in [0.05, 0.1) is 17.4 Å². The highest BCUT2D eigenvalue weighted by Gasteiger charge is 2.25. The zero-order valence-electron chi connectivity index (χ0n) is 16.9. The van der Waals surface area contributed by atoms with Crippen LogP contribution < -0.4 is 10.6 Å². The van der Waals surface area contributed by atoms with Gasteiger partial charge in [0.15, 0.2) is 0 Å². The first-order valence-electron chi connectivity index (χ1n) is 10.6. The zero-order valence-corrected chi connectivity index (χ0v) is 17.7. The second kappa shape index (κ2) is 11.1. The molecule has 2 aliphatic rings. The smallest absolute Gasteiger partial charge is 0.317 e. The molecule has 0 radical (unpaired) electrons. The Morgan fingerprint density at radius 3 is 2.31 bits per heavy atom. The van der Waals surface area contributed by atoms with Crippen LogP contribution in [0.2, 0.25) is 0 Å². The van der Waals surface area contributed by atoms with Crippen LogP contribution in [-0.4, -0.2) is 47.8 Å². The van der Waals surface area contributed by atoms with Gasteiger partial charge in [-0.1, -0.05) is 31.4 Å². The number of nitrogens with zero attached hydrogens (tertiary/aromatic N) is 2. The lowest BCUT2D eigenvalue weighted by Crippen LogP contribution is -2.51. The third kappa shape index (κ3) is 6.97. The lowest BCUT2D eigenvalue weighted by Gasteiger charge is -2.34. The molecule has 156 valence electrons. The molecule has 0 atom stereocenters. The fraction of sp³-hybridized carbons (Fsp3) is 0.591. The average molecular weight is 415 g/mol. The number of carbonyl (C=O) groups is 2. The zero-order chi connectivity index (χ0) is 20.5. The van der Waals surface area contributed by atoms with Gasteiger partial charge in [0.2, 0.25) is 5.91 Å². The van der Waals surface area contributed by atoms with Crippen molar-refractivity contribution in [2.45, 2.75) is 62.8 Å². The largest absolute Gasteiger partial charge is 0.353 e. The normalized spacial score (nSPS) is 18.1. The van der Waals surface area contributed by atoms with E-state index in [-0.39, 0.29) is 18.0 Å². The van der Waals surface area contributed by atoms with E-state index in [0.29, 0.717) is 30.4 Å². The summed E-state index contributed by atoms with van der Waals surface area (Å²) < 4.78 is 0. The molecule has 3 rings (SSSR count). The number of hydrogen-bond acceptors (Lipinski definition) is 4. The number of carbonyl (C=O) groups excluding carboxylic acids is 2. The van der Waals surface area contributed by atoms with Crippen molar-refractivity contribution in [3.05, 3.63) is 35.4 Å². The van der Waals surface area contributed by atoms with Crippen molar-refractivity contribution < 1.29 is 9.59 Å². The third-order valence-corrected chi connectivity index (χ3v) is 6.67. The van der Waals surface area contributed by atoms with Gasteiger partial charge < -0.3 is 15.5 Å². The molecule has 6 nitrogen and oxygen atoms in total. The van der Waals surface area contributed by atoms with Crippen LogP contribution in [0, 0.1) is 11.3 Å². The van der Waals surface area contributed by atoms with Gasteiger partial charge in [-0.15, -0.1) is 11.8 Å². The van der Waals surface area contributed by atoms with Crippen molar-refractivity contribution in [1.29, 1.82) is 5.26 Å². The molecule has 0 unspecified atom stereocenters. The molecule has 2 fully saturated rings. The Bertz CT molecular complexity index is 717. The van der Waals surface area contributed by atoms with Gasteiger partial charge in [-0.25, -0.2) is 4.79 Å². The molecule has 29 heavy (non-hydrogen) atoms. The summed E-state index contributed by atoms with van der Waals surface area (Å²) in [6.45, 7) is 1.39. The van der Waals surface area contributed by atoms with Crippen molar-refractivity contribution >= 4 is 23.7 Å². The molecular weight excluding hydrogens is 384 g/mol. The van der Waals surface area contributed by atoms with Crippen LogP contribution in [0.5, 0.6) is 0 Å². The molecule has 1 saturated heterocycles. The molecule has 0 bridgehead atoms. The molecule has 1 aromatic carbocycles. The topological polar surface area (TPSA) is 85.2 Å². The summed E-state index contributed by atoms with van der Waals surface area (Å²) >= 11 is 1.57. The number of nitriles is 1. The molecule has 1 saturated carbocycles. The molecule has 0 aromatic heterocycles. The van der Waals surface area contributed by atoms with E-state index in [9.17, 15) is 9.59 Å². The van der Waals surface area contributed by atoms with E-state index in [0.717, 1.165) is 37.0 Å². The maximum Gasteiger partial charge on any atom is 0.317 e. The first-order chi connectivity index (χ1) is 14.1. The molecular formula is C22H30N4O2S. The molecule has 1 heterocycles. The monoisotopic (exact) mass is 414 g/mol. The van der Waals surface area contributed by atoms with Crippen molar-refractivity contribution in [3.63, 3.8) is 0 Å². The Hall–Kier alpha value is -2.20. The fourth-order valence-electron chi connectivity index (χ4n) is 3.95. The average Bonchev–Trinajstić information content (AvgIpc) is 2.75. The van der Waals surface area contributed by atoms with Gasteiger partial charge in [0, 0.05) is 30.9 Å². The minimum atomic E-state index is 0.0498. The summed E-state index contributed by atoms with van der Waals surface area (Å²) in [6.07, 6.45) is 7.51. The minimum absolute atomic E-state index is 0.0498. The number of likely N-dealkylation sites (tertiary alicyclic amines) is 1. The Morgan fingerprint density at radius 2 is 1.66 bits per heavy atom. The van der Waals surface area contributed by atoms with Gasteiger partial charge in [-0.2, -0.15) is 5.26 Å². The number of thioether (sulfide) groups is 1. The Labute approximate surface area is 177 Å². The second-order valence-electron chi connectivity index (χ2n) is 7.91. The summed E-state index contributed by atoms with van der Waals surface area (Å²) in [5, 5.41) is 15.1. The van der Waals surface area contributed by atoms with Gasteiger partial charge >= 0.3 is 6.03 Å². The summed E-state index contributed by atoms with van der Waals surface area (Å²) in [5.74, 6) is 1.22. The lowest BCUT2D eigenvalue weighted by molar-refractivity contribution is -0.119. The third-order valence-electron chi connectivity index (χ3n) is 5.66. The molecule has 1 aliphatic carbocycles. The Morgan fingerprint density at radius 1 is 1.00 bits per heavy atom. The summed E-state index contributed by atoms with van der Waals surface area (Å²) in [7, 11) is 0. The van der Waals surface area contributed by atoms with E-state index in [4.69, 9.17) is 5.26 Å². The standard InChI is InChI=1S/C22H30N4O2S/c23-14-17-6-8-18(9-7-17)15-29-16-21(27)24-20-10-12-26(13-11-20)22(28)25-19-4-2-1-3-5-19/h6-9,19-20H,1-5,10-13,15-16H2,(H,24,27)(H,25,28). The van der Waals surface area contributed by atoms with E-state index in [2.05, 4.69) is 16.7 Å². The number of benzene rings is 1. The first kappa shape index (κ1) is 21.5. The number of nitrogens with one attached hydrogen (secondary N) is 2. The van der Waals surface area contributed by atoms with Crippen LogP contribution in [0.4, 0.5) is 4.79 Å². The molecule has 0 spiro atoms. The van der Waals surface area contributed by atoms with Crippen LogP contribution >= 0.6 is 11.8 Å². The van der Waals surface area contributed by atoms with E-state index < -0.39 is 0 Å². The molecule has 3 amide bonds. The van der Waals surface area contributed by atoms with Crippen LogP contribution in [0.25, 0.3) is 0 Å². The number of amides is 3. The maximum absolute atomic E-state index is 12.4. The Kier molecular flexibility index (Phi) is 8.24. The molecule has 2 N–H and O–H groups in total. The summed E-state index contributed by atoms with van der Waals surface area (Å²) in [5.41, 5.74) is 1.76. The van der Waals surface area contributed by atoms with Gasteiger partial charge in [0.25, 0.3) is 0 Å². The molecule has 1 aliphatic heterocycles. The second-order valence-corrected chi connectivity index (χ2v) is 8.90. The maximum atomic E-state index is 12.4. The summed E-state index contributed by atoms with van der Waals surface area (Å²) in [4.78, 5) is 26.5. The quantitative estimate of drug-likeness (QED) is 0.747. The predicted octanol–water partition coefficient (Wildman–Crippen LogP) is 3.41. The van der Waals surface area contributed by atoms with Gasteiger partial charge in [0.1, 0.15) is 0 Å². The fourth-order valence-corrected chi connectivity index (χ4v) is 4.75. The molecule has 7 heteroatoms. The number of piperidine rings is 1. The van der Waals surface area contributed by atoms with Gasteiger partial charge in [-0.3, -0.25) is 4.79 Å². The van der Waals surface area contributed by atoms with Crippen LogP contribution in [0.3, 0.4) is 0 Å². The highest BCUT2D eigenvalue weighted by Crippen LogP contribution is 2.18. The first-order valence-corrected chi connectivity index (χ1v) is 11.7. The highest BCUT2D eigenvalue weighted by atomic mass is 32.2. The Balaban J connectivity index is 1.30. The van der Waals surface area contributed by atoms with E-state index in [1.165, 1.54) is 19.3 Å². The SMILES string of the molecule is N#Cc1ccc(CSCC(=O)NC2CCN(C(=O)NC3CCCCC3)CC2)cc1. The van der Waals surface area contributed by atoms with Crippen molar-refractivity contribution in [2.24, 2.45) is 0 Å². The predicted molar refractivity (Wildman–Crippen MR) is 115 cm³/mol. The van der Waals surface area contributed by atoms with E-state index in [1.54, 1.807) is 23.9 Å². The van der Waals surface area contributed by atoms with Crippen molar-refractivity contribution in [1.82, 2.24) is 15.5 Å². The van der Waals surface area contributed by atoms with Crippen LogP contribution in [-0.2, 0) is 10.5 Å². The van der Waals surface area contributed by atoms with E-state index >= 15 is 0 Å². The van der Waals surface area contributed by atoms with Gasteiger partial charge in [-0.05, 0) is 43.4 Å². The number of rotatable bonds is 6. The van der Waals surface area contributed by atoms with Crippen molar-refractivity contribution in [3.8, 4) is 6.07 Å². The highest BCUT2D eigenvalue weighted by molar-refractivity contribution is 7.99. The number of hydrogen-bond donors (Lipinski definition) is 2. The van der Waals surface area contributed by atoms with Crippen molar-refractivity contribution in [2.75, 3.05) is 18.8 Å². The van der Waals surface area contributed by atoms with Crippen LogP contribution in [0.15, 0.2) is 24.3 Å². The molecule has 1 aromatic rings. The number of urea groups is 1. The minimum Gasteiger partial charge on any atom is -0.353 e.